The van der Waals surface area contributed by atoms with E-state index in [4.69, 9.17) is 5.11 Å². The highest BCUT2D eigenvalue weighted by atomic mass is 16.4. The van der Waals surface area contributed by atoms with E-state index in [2.05, 4.69) is 10.1 Å². The molecular weight excluding hydrogens is 208 g/mol. The molecule has 0 atom stereocenters. The van der Waals surface area contributed by atoms with Crippen LogP contribution in [0.25, 0.3) is 5.82 Å². The third kappa shape index (κ3) is 1.39. The molecule has 16 heavy (non-hydrogen) atoms. The molecule has 0 spiro atoms. The number of carboxylic acids is 1. The average Bonchev–Trinajstić information content (AvgIpc) is 2.69. The van der Waals surface area contributed by atoms with Gasteiger partial charge in [-0.15, -0.1) is 0 Å². The molecule has 1 N–H and O–H groups in total. The standard InChI is InChI=1S/C10H12N4O2/c1-6-8(10(15)16)9(13(3)12-6)14-5-4-11-7(14)2/h4-5H,1-3H3,(H,15,16). The van der Waals surface area contributed by atoms with Crippen molar-refractivity contribution in [1.82, 2.24) is 19.3 Å². The second kappa shape index (κ2) is 3.48. The first-order valence-corrected chi connectivity index (χ1v) is 4.79. The fraction of sp³-hybridized carbons (Fsp3) is 0.300. The third-order valence-electron chi connectivity index (χ3n) is 2.46. The first-order chi connectivity index (χ1) is 7.52. The van der Waals surface area contributed by atoms with Crippen LogP contribution in [-0.4, -0.2) is 30.4 Å². The van der Waals surface area contributed by atoms with Crippen molar-refractivity contribution < 1.29 is 9.90 Å². The number of nitrogens with zero attached hydrogens (tertiary/aromatic N) is 4. The zero-order valence-corrected chi connectivity index (χ0v) is 9.30. The molecule has 0 aliphatic rings. The third-order valence-corrected chi connectivity index (χ3v) is 2.46. The Bertz CT molecular complexity index is 553. The first kappa shape index (κ1) is 10.4. The van der Waals surface area contributed by atoms with E-state index in [1.54, 1.807) is 35.6 Å². The summed E-state index contributed by atoms with van der Waals surface area (Å²) in [6, 6.07) is 0. The highest BCUT2D eigenvalue weighted by molar-refractivity contribution is 5.92. The van der Waals surface area contributed by atoms with Crippen molar-refractivity contribution >= 4 is 5.97 Å². The molecule has 6 nitrogen and oxygen atoms in total. The van der Waals surface area contributed by atoms with Gasteiger partial charge in [0, 0.05) is 19.4 Å². The normalized spacial score (nSPS) is 10.7. The van der Waals surface area contributed by atoms with Gasteiger partial charge in [-0.3, -0.25) is 9.25 Å². The molecule has 0 bridgehead atoms. The SMILES string of the molecule is Cc1nn(C)c(-n2ccnc2C)c1C(=O)O. The fourth-order valence-electron chi connectivity index (χ4n) is 1.77. The number of rotatable bonds is 2. The molecule has 0 amide bonds. The quantitative estimate of drug-likeness (QED) is 0.816. The van der Waals surface area contributed by atoms with Crippen molar-refractivity contribution in [3.05, 3.63) is 29.5 Å². The Kier molecular flexibility index (Phi) is 2.26. The Labute approximate surface area is 92.2 Å². The van der Waals surface area contributed by atoms with Crippen LogP contribution in [0.5, 0.6) is 0 Å². The van der Waals surface area contributed by atoms with Crippen LogP contribution < -0.4 is 0 Å². The lowest BCUT2D eigenvalue weighted by Gasteiger charge is -2.06. The maximum atomic E-state index is 11.2. The molecule has 0 saturated heterocycles. The Morgan fingerprint density at radius 1 is 1.44 bits per heavy atom. The van der Waals surface area contributed by atoms with Crippen LogP contribution in [-0.2, 0) is 7.05 Å². The summed E-state index contributed by atoms with van der Waals surface area (Å²) in [6.07, 6.45) is 3.35. The minimum absolute atomic E-state index is 0.212. The van der Waals surface area contributed by atoms with Crippen molar-refractivity contribution in [2.75, 3.05) is 0 Å². The topological polar surface area (TPSA) is 72.9 Å². The van der Waals surface area contributed by atoms with Gasteiger partial charge in [-0.05, 0) is 13.8 Å². The van der Waals surface area contributed by atoms with Crippen LogP contribution in [0, 0.1) is 13.8 Å². The first-order valence-electron chi connectivity index (χ1n) is 4.79. The molecule has 0 aromatic carbocycles. The lowest BCUT2D eigenvalue weighted by atomic mass is 10.2. The van der Waals surface area contributed by atoms with Gasteiger partial charge in [0.05, 0.1) is 5.69 Å². The minimum Gasteiger partial charge on any atom is -0.477 e. The van der Waals surface area contributed by atoms with Crippen molar-refractivity contribution in [3.8, 4) is 5.82 Å². The molecule has 6 heteroatoms. The van der Waals surface area contributed by atoms with Gasteiger partial charge in [0.25, 0.3) is 0 Å². The number of aromatic nitrogens is 4. The van der Waals surface area contributed by atoms with Crippen LogP contribution in [0.2, 0.25) is 0 Å². The minimum atomic E-state index is -0.978. The summed E-state index contributed by atoms with van der Waals surface area (Å²) in [6.45, 7) is 3.49. The largest absolute Gasteiger partial charge is 0.477 e. The highest BCUT2D eigenvalue weighted by Gasteiger charge is 2.21. The maximum Gasteiger partial charge on any atom is 0.341 e. The lowest BCUT2D eigenvalue weighted by Crippen LogP contribution is -2.09. The molecule has 0 saturated carbocycles. The average molecular weight is 220 g/mol. The molecule has 2 heterocycles. The van der Waals surface area contributed by atoms with Crippen molar-refractivity contribution in [2.24, 2.45) is 7.05 Å². The van der Waals surface area contributed by atoms with Gasteiger partial charge in [0.15, 0.2) is 5.82 Å². The summed E-state index contributed by atoms with van der Waals surface area (Å²) in [4.78, 5) is 15.2. The van der Waals surface area contributed by atoms with Crippen LogP contribution in [0.3, 0.4) is 0 Å². The van der Waals surface area contributed by atoms with Crippen molar-refractivity contribution in [1.29, 1.82) is 0 Å². The monoisotopic (exact) mass is 220 g/mol. The smallest absolute Gasteiger partial charge is 0.341 e. The van der Waals surface area contributed by atoms with Gasteiger partial charge in [-0.1, -0.05) is 0 Å². The Morgan fingerprint density at radius 2 is 2.12 bits per heavy atom. The van der Waals surface area contributed by atoms with E-state index in [0.29, 0.717) is 11.5 Å². The van der Waals surface area contributed by atoms with E-state index in [0.717, 1.165) is 5.82 Å². The molecule has 0 aliphatic heterocycles. The molecule has 0 unspecified atom stereocenters. The number of carbonyl (C=O) groups is 1. The van der Waals surface area contributed by atoms with Crippen LogP contribution in [0.4, 0.5) is 0 Å². The molecule has 0 aliphatic carbocycles. The molecule has 0 radical (unpaired) electrons. The van der Waals surface area contributed by atoms with Gasteiger partial charge in [-0.25, -0.2) is 9.78 Å². The van der Waals surface area contributed by atoms with Gasteiger partial charge in [-0.2, -0.15) is 5.10 Å². The van der Waals surface area contributed by atoms with E-state index in [1.165, 1.54) is 0 Å². The molecule has 84 valence electrons. The number of hydrogen-bond acceptors (Lipinski definition) is 3. The van der Waals surface area contributed by atoms with Gasteiger partial charge >= 0.3 is 5.97 Å². The number of aromatic carboxylic acids is 1. The predicted molar refractivity (Wildman–Crippen MR) is 56.8 cm³/mol. The van der Waals surface area contributed by atoms with E-state index in [1.807, 2.05) is 6.92 Å². The number of imidazole rings is 1. The zero-order valence-electron chi connectivity index (χ0n) is 9.30. The van der Waals surface area contributed by atoms with E-state index in [-0.39, 0.29) is 5.56 Å². The molecule has 2 aromatic rings. The van der Waals surface area contributed by atoms with Crippen molar-refractivity contribution in [3.63, 3.8) is 0 Å². The zero-order chi connectivity index (χ0) is 11.9. The molecule has 2 rings (SSSR count). The van der Waals surface area contributed by atoms with Crippen molar-refractivity contribution in [2.45, 2.75) is 13.8 Å². The number of carboxylic acid groups (broad SMARTS) is 1. The van der Waals surface area contributed by atoms with Gasteiger partial charge in [0.2, 0.25) is 0 Å². The van der Waals surface area contributed by atoms with E-state index < -0.39 is 5.97 Å². The summed E-state index contributed by atoms with van der Waals surface area (Å²) < 4.78 is 3.26. The fourth-order valence-corrected chi connectivity index (χ4v) is 1.77. The maximum absolute atomic E-state index is 11.2. The van der Waals surface area contributed by atoms with Gasteiger partial charge in [0.1, 0.15) is 11.4 Å². The number of aryl methyl sites for hydroxylation is 3. The van der Waals surface area contributed by atoms with Crippen LogP contribution in [0.15, 0.2) is 12.4 Å². The molecular formula is C10H12N4O2. The van der Waals surface area contributed by atoms with E-state index in [9.17, 15) is 4.79 Å². The second-order valence-electron chi connectivity index (χ2n) is 3.56. The summed E-state index contributed by atoms with van der Waals surface area (Å²) in [5.74, 6) is 0.277. The second-order valence-corrected chi connectivity index (χ2v) is 3.56. The van der Waals surface area contributed by atoms with Crippen LogP contribution in [0.1, 0.15) is 21.9 Å². The lowest BCUT2D eigenvalue weighted by molar-refractivity contribution is 0.0696. The predicted octanol–water partition coefficient (Wildman–Crippen LogP) is 0.921. The van der Waals surface area contributed by atoms with Crippen LogP contribution >= 0.6 is 0 Å². The summed E-state index contributed by atoms with van der Waals surface area (Å²) >= 11 is 0. The van der Waals surface area contributed by atoms with Gasteiger partial charge < -0.3 is 5.11 Å². The Morgan fingerprint density at radius 3 is 2.62 bits per heavy atom. The highest BCUT2D eigenvalue weighted by Crippen LogP contribution is 2.18. The molecule has 0 fully saturated rings. The Balaban J connectivity index is 2.74. The molecule has 2 aromatic heterocycles. The summed E-state index contributed by atoms with van der Waals surface area (Å²) in [7, 11) is 1.72. The summed E-state index contributed by atoms with van der Waals surface area (Å²) in [5, 5.41) is 13.3. The Hall–Kier alpha value is -2.11. The number of hydrogen-bond donors (Lipinski definition) is 1. The van der Waals surface area contributed by atoms with E-state index >= 15 is 0 Å². The summed E-state index contributed by atoms with van der Waals surface area (Å²) in [5.41, 5.74) is 0.710.